The number of carbonyl (C=O) groups excluding carboxylic acids is 1. The number of aryl methyl sites for hydroxylation is 2. The third kappa shape index (κ3) is 3.17. The zero-order valence-corrected chi connectivity index (χ0v) is 14.7. The number of anilines is 1. The number of hydrogen-bond donors (Lipinski definition) is 2. The van der Waals surface area contributed by atoms with Gasteiger partial charge in [-0.05, 0) is 44.9 Å². The van der Waals surface area contributed by atoms with Crippen LogP contribution in [0.15, 0.2) is 33.8 Å². The Morgan fingerprint density at radius 2 is 2.21 bits per heavy atom. The van der Waals surface area contributed by atoms with E-state index in [4.69, 9.17) is 10.3 Å². The van der Waals surface area contributed by atoms with Crippen molar-refractivity contribution in [3.05, 3.63) is 46.8 Å². The Labute approximate surface area is 144 Å². The first-order chi connectivity index (χ1) is 11.4. The molecule has 2 aromatic rings. The minimum absolute atomic E-state index is 0.226. The first kappa shape index (κ1) is 16.6. The SMILES string of the molecule is Cc1noc(C)c1C(=O)Nc1cccc(C2(C)CCSC(N)=N2)c1. The summed E-state index contributed by atoms with van der Waals surface area (Å²) in [6.07, 6.45) is 0.902. The number of amidine groups is 1. The van der Waals surface area contributed by atoms with E-state index in [0.29, 0.717) is 27.9 Å². The molecule has 126 valence electrons. The molecule has 0 saturated carbocycles. The van der Waals surface area contributed by atoms with Gasteiger partial charge in [0.25, 0.3) is 5.91 Å². The lowest BCUT2D eigenvalue weighted by Gasteiger charge is -2.30. The van der Waals surface area contributed by atoms with Crippen LogP contribution in [0.25, 0.3) is 0 Å². The number of hydrogen-bond acceptors (Lipinski definition) is 6. The molecule has 0 saturated heterocycles. The predicted octanol–water partition coefficient (Wildman–Crippen LogP) is 3.21. The molecule has 0 bridgehead atoms. The summed E-state index contributed by atoms with van der Waals surface area (Å²) in [5.41, 5.74) is 8.32. The van der Waals surface area contributed by atoms with Crippen LogP contribution >= 0.6 is 11.8 Å². The van der Waals surface area contributed by atoms with Crippen molar-refractivity contribution in [1.29, 1.82) is 0 Å². The number of benzene rings is 1. The number of nitrogens with zero attached hydrogens (tertiary/aromatic N) is 2. The van der Waals surface area contributed by atoms with Crippen molar-refractivity contribution in [2.24, 2.45) is 10.7 Å². The second kappa shape index (κ2) is 6.32. The van der Waals surface area contributed by atoms with Crippen LogP contribution in [0.5, 0.6) is 0 Å². The quantitative estimate of drug-likeness (QED) is 0.892. The number of aromatic nitrogens is 1. The first-order valence-electron chi connectivity index (χ1n) is 7.72. The van der Waals surface area contributed by atoms with Crippen molar-refractivity contribution in [3.8, 4) is 0 Å². The lowest BCUT2D eigenvalue weighted by molar-refractivity contribution is 0.102. The normalized spacial score (nSPS) is 20.5. The van der Waals surface area contributed by atoms with Gasteiger partial charge in [-0.2, -0.15) is 0 Å². The highest BCUT2D eigenvalue weighted by Gasteiger charge is 2.29. The highest BCUT2D eigenvalue weighted by Crippen LogP contribution is 2.35. The molecule has 3 N–H and O–H groups in total. The number of aliphatic imine (C=N–C) groups is 1. The van der Waals surface area contributed by atoms with E-state index >= 15 is 0 Å². The van der Waals surface area contributed by atoms with Gasteiger partial charge >= 0.3 is 0 Å². The average Bonchev–Trinajstić information content (AvgIpc) is 2.86. The summed E-state index contributed by atoms with van der Waals surface area (Å²) in [4.78, 5) is 17.1. The molecule has 2 heterocycles. The largest absolute Gasteiger partial charge is 0.379 e. The van der Waals surface area contributed by atoms with Gasteiger partial charge in [0, 0.05) is 11.4 Å². The summed E-state index contributed by atoms with van der Waals surface area (Å²) < 4.78 is 5.06. The van der Waals surface area contributed by atoms with Gasteiger partial charge in [-0.15, -0.1) is 0 Å². The third-order valence-electron chi connectivity index (χ3n) is 4.20. The summed E-state index contributed by atoms with van der Waals surface area (Å²) in [5.74, 6) is 1.21. The minimum Gasteiger partial charge on any atom is -0.379 e. The first-order valence-corrected chi connectivity index (χ1v) is 8.70. The molecule has 1 aliphatic heterocycles. The molecule has 0 aliphatic carbocycles. The van der Waals surface area contributed by atoms with Crippen molar-refractivity contribution < 1.29 is 9.32 Å². The van der Waals surface area contributed by atoms with E-state index in [1.807, 2.05) is 24.3 Å². The molecule has 6 nitrogen and oxygen atoms in total. The zero-order valence-electron chi connectivity index (χ0n) is 13.9. The number of amides is 1. The Morgan fingerprint density at radius 3 is 2.88 bits per heavy atom. The lowest BCUT2D eigenvalue weighted by atomic mass is 9.89. The van der Waals surface area contributed by atoms with E-state index in [2.05, 4.69) is 22.4 Å². The molecule has 3 rings (SSSR count). The fourth-order valence-corrected chi connectivity index (χ4v) is 3.80. The number of carbonyl (C=O) groups is 1. The van der Waals surface area contributed by atoms with E-state index < -0.39 is 0 Å². The summed E-state index contributed by atoms with van der Waals surface area (Å²) in [7, 11) is 0. The second-order valence-electron chi connectivity index (χ2n) is 6.06. The molecule has 24 heavy (non-hydrogen) atoms. The number of nitrogens with one attached hydrogen (secondary N) is 1. The smallest absolute Gasteiger partial charge is 0.261 e. The Balaban J connectivity index is 1.86. The fraction of sp³-hybridized carbons (Fsp3) is 0.353. The molecule has 0 spiro atoms. The molecule has 1 aromatic heterocycles. The Kier molecular flexibility index (Phi) is 4.36. The summed E-state index contributed by atoms with van der Waals surface area (Å²) >= 11 is 1.57. The lowest BCUT2D eigenvalue weighted by Crippen LogP contribution is -2.28. The molecule has 7 heteroatoms. The molecule has 1 unspecified atom stereocenters. The molecular weight excluding hydrogens is 324 g/mol. The zero-order chi connectivity index (χ0) is 17.3. The third-order valence-corrected chi connectivity index (χ3v) is 4.99. The molecular formula is C17H20N4O2S. The van der Waals surface area contributed by atoms with E-state index in [1.54, 1.807) is 25.6 Å². The molecule has 0 fully saturated rings. The van der Waals surface area contributed by atoms with Crippen molar-refractivity contribution in [2.45, 2.75) is 32.7 Å². The highest BCUT2D eigenvalue weighted by molar-refractivity contribution is 8.13. The maximum absolute atomic E-state index is 12.5. The second-order valence-corrected chi connectivity index (χ2v) is 7.17. The van der Waals surface area contributed by atoms with Crippen molar-refractivity contribution >= 4 is 28.5 Å². The number of nitrogens with two attached hydrogens (primary N) is 1. The van der Waals surface area contributed by atoms with Crippen molar-refractivity contribution in [1.82, 2.24) is 5.16 Å². The maximum atomic E-state index is 12.5. The predicted molar refractivity (Wildman–Crippen MR) is 96.4 cm³/mol. The Morgan fingerprint density at radius 1 is 1.42 bits per heavy atom. The van der Waals surface area contributed by atoms with E-state index in [9.17, 15) is 4.79 Å². The van der Waals surface area contributed by atoms with Gasteiger partial charge in [-0.3, -0.25) is 9.79 Å². The average molecular weight is 344 g/mol. The van der Waals surface area contributed by atoms with Gasteiger partial charge < -0.3 is 15.6 Å². The van der Waals surface area contributed by atoms with Crippen molar-refractivity contribution in [2.75, 3.05) is 11.1 Å². The maximum Gasteiger partial charge on any atom is 0.261 e. The van der Waals surface area contributed by atoms with Crippen LogP contribution in [0.4, 0.5) is 5.69 Å². The van der Waals surface area contributed by atoms with E-state index in [1.165, 1.54) is 0 Å². The molecule has 0 radical (unpaired) electrons. The van der Waals surface area contributed by atoms with E-state index in [0.717, 1.165) is 17.7 Å². The van der Waals surface area contributed by atoms with Crippen LogP contribution in [-0.2, 0) is 5.54 Å². The van der Waals surface area contributed by atoms with E-state index in [-0.39, 0.29) is 11.4 Å². The topological polar surface area (TPSA) is 93.5 Å². The van der Waals surface area contributed by atoms with Gasteiger partial charge in [0.1, 0.15) is 11.3 Å². The molecule has 1 amide bonds. The van der Waals surface area contributed by atoms with Crippen LogP contribution in [0, 0.1) is 13.8 Å². The molecule has 1 aromatic carbocycles. The monoisotopic (exact) mass is 344 g/mol. The Hall–Kier alpha value is -2.28. The summed E-state index contributed by atoms with van der Waals surface area (Å²) in [6.45, 7) is 5.54. The standard InChI is InChI=1S/C17H20N4O2S/c1-10-14(11(2)23-21-10)15(22)19-13-6-4-5-12(9-13)17(3)7-8-24-16(18)20-17/h4-6,9H,7-8H2,1-3H3,(H2,18,20)(H,19,22). The van der Waals surface area contributed by atoms with Crippen LogP contribution in [-0.4, -0.2) is 22.0 Å². The van der Waals surface area contributed by atoms with Crippen LogP contribution in [0.2, 0.25) is 0 Å². The molecule has 1 aliphatic rings. The van der Waals surface area contributed by atoms with Crippen LogP contribution in [0.1, 0.15) is 40.7 Å². The van der Waals surface area contributed by atoms with Gasteiger partial charge in [-0.25, -0.2) is 0 Å². The van der Waals surface area contributed by atoms with Crippen molar-refractivity contribution in [3.63, 3.8) is 0 Å². The summed E-state index contributed by atoms with van der Waals surface area (Å²) in [6, 6.07) is 7.73. The fourth-order valence-electron chi connectivity index (χ4n) is 2.83. The number of thioether (sulfide) groups is 1. The van der Waals surface area contributed by atoms with Gasteiger partial charge in [0.05, 0.1) is 11.2 Å². The Bertz CT molecular complexity index is 795. The van der Waals surface area contributed by atoms with Gasteiger partial charge in [0.2, 0.25) is 0 Å². The highest BCUT2D eigenvalue weighted by atomic mass is 32.2. The minimum atomic E-state index is -0.362. The van der Waals surface area contributed by atoms with Gasteiger partial charge in [0.15, 0.2) is 5.17 Å². The van der Waals surface area contributed by atoms with Crippen LogP contribution in [0.3, 0.4) is 0 Å². The summed E-state index contributed by atoms with van der Waals surface area (Å²) in [5, 5.41) is 7.33. The number of rotatable bonds is 3. The molecule has 1 atom stereocenters. The van der Waals surface area contributed by atoms with Gasteiger partial charge in [-0.1, -0.05) is 29.1 Å². The van der Waals surface area contributed by atoms with Crippen LogP contribution < -0.4 is 11.1 Å².